The summed E-state index contributed by atoms with van der Waals surface area (Å²) in [7, 11) is 0. The second-order valence-electron chi connectivity index (χ2n) is 5.04. The van der Waals surface area contributed by atoms with Gasteiger partial charge in [-0.05, 0) is 31.0 Å². The molecule has 1 amide bonds. The first-order chi connectivity index (χ1) is 9.15. The van der Waals surface area contributed by atoms with E-state index >= 15 is 0 Å². The summed E-state index contributed by atoms with van der Waals surface area (Å²) >= 11 is 5.97. The third-order valence-electron chi connectivity index (χ3n) is 3.80. The van der Waals surface area contributed by atoms with Crippen LogP contribution in [-0.2, 0) is 0 Å². The Balaban J connectivity index is 2.19. The average Bonchev–Trinajstić information content (AvgIpc) is 2.45. The normalized spacial score (nSPS) is 23.4. The number of carbonyl (C=O) groups is 1. The molecule has 2 atom stereocenters. The number of amides is 1. The fourth-order valence-corrected chi connectivity index (χ4v) is 2.73. The van der Waals surface area contributed by atoms with Crippen molar-refractivity contribution in [3.63, 3.8) is 0 Å². The van der Waals surface area contributed by atoms with Gasteiger partial charge in [-0.25, -0.2) is 0 Å². The number of piperazine rings is 1. The average molecular weight is 281 g/mol. The van der Waals surface area contributed by atoms with Crippen LogP contribution >= 0.6 is 11.6 Å². The quantitative estimate of drug-likeness (QED) is 0.923. The van der Waals surface area contributed by atoms with Crippen LogP contribution in [0, 0.1) is 0 Å². The zero-order valence-corrected chi connectivity index (χ0v) is 12.3. The molecule has 1 aromatic carbocycles. The molecule has 1 aliphatic rings. The number of carbonyl (C=O) groups excluding carboxylic acids is 1. The third kappa shape index (κ3) is 3.28. The van der Waals surface area contributed by atoms with Gasteiger partial charge in [-0.15, -0.1) is 0 Å². The van der Waals surface area contributed by atoms with Crippen molar-refractivity contribution in [2.75, 3.05) is 13.1 Å². The number of nitrogens with one attached hydrogen (secondary N) is 1. The van der Waals surface area contributed by atoms with E-state index in [1.165, 1.54) is 0 Å². The van der Waals surface area contributed by atoms with E-state index in [-0.39, 0.29) is 11.9 Å². The number of halogens is 1. The van der Waals surface area contributed by atoms with Crippen LogP contribution in [0.2, 0.25) is 5.02 Å². The first kappa shape index (κ1) is 14.4. The van der Waals surface area contributed by atoms with E-state index in [0.29, 0.717) is 16.6 Å². The molecule has 0 aliphatic carbocycles. The largest absolute Gasteiger partial charge is 0.333 e. The highest BCUT2D eigenvalue weighted by atomic mass is 35.5. The first-order valence-electron chi connectivity index (χ1n) is 6.95. The molecule has 1 aliphatic heterocycles. The number of hydrogen-bond donors (Lipinski definition) is 1. The highest BCUT2D eigenvalue weighted by Crippen LogP contribution is 2.18. The number of benzene rings is 1. The molecule has 0 spiro atoms. The number of hydrogen-bond acceptors (Lipinski definition) is 2. The molecule has 19 heavy (non-hydrogen) atoms. The zero-order chi connectivity index (χ0) is 13.8. The summed E-state index contributed by atoms with van der Waals surface area (Å²) in [5.41, 5.74) is 0.683. The van der Waals surface area contributed by atoms with Gasteiger partial charge in [0, 0.05) is 35.8 Å². The Morgan fingerprint density at radius 2 is 2.21 bits per heavy atom. The van der Waals surface area contributed by atoms with Crippen molar-refractivity contribution in [3.05, 3.63) is 34.9 Å². The first-order valence-corrected chi connectivity index (χ1v) is 7.33. The predicted molar refractivity (Wildman–Crippen MR) is 78.6 cm³/mol. The van der Waals surface area contributed by atoms with Gasteiger partial charge in [0.1, 0.15) is 0 Å². The number of rotatable bonds is 3. The highest BCUT2D eigenvalue weighted by Gasteiger charge is 2.30. The molecular weight excluding hydrogens is 260 g/mol. The molecule has 0 saturated carbocycles. The van der Waals surface area contributed by atoms with Crippen LogP contribution in [-0.4, -0.2) is 36.0 Å². The standard InChI is InChI=1S/C15H21ClN2O/c1-3-13-10-18(14(4-2)9-17-13)15(19)11-6-5-7-12(16)8-11/h5-8,13-14,17H,3-4,9-10H2,1-2H3. The molecule has 0 radical (unpaired) electrons. The fraction of sp³-hybridized carbons (Fsp3) is 0.533. The van der Waals surface area contributed by atoms with Crippen molar-refractivity contribution in [1.29, 1.82) is 0 Å². The van der Waals surface area contributed by atoms with E-state index in [1.807, 2.05) is 17.0 Å². The molecular formula is C15H21ClN2O. The summed E-state index contributed by atoms with van der Waals surface area (Å²) < 4.78 is 0. The van der Waals surface area contributed by atoms with Crippen LogP contribution in [0.4, 0.5) is 0 Å². The summed E-state index contributed by atoms with van der Waals surface area (Å²) in [5.74, 6) is 0.0919. The molecule has 4 heteroatoms. The molecule has 0 bridgehead atoms. The fourth-order valence-electron chi connectivity index (χ4n) is 2.54. The second-order valence-corrected chi connectivity index (χ2v) is 5.48. The van der Waals surface area contributed by atoms with Crippen LogP contribution in [0.15, 0.2) is 24.3 Å². The van der Waals surface area contributed by atoms with E-state index < -0.39 is 0 Å². The van der Waals surface area contributed by atoms with E-state index in [2.05, 4.69) is 19.2 Å². The Bertz CT molecular complexity index is 450. The molecule has 1 saturated heterocycles. The maximum absolute atomic E-state index is 12.6. The van der Waals surface area contributed by atoms with E-state index in [1.54, 1.807) is 12.1 Å². The maximum atomic E-state index is 12.6. The van der Waals surface area contributed by atoms with E-state index in [9.17, 15) is 4.79 Å². The van der Waals surface area contributed by atoms with Crippen LogP contribution in [0.5, 0.6) is 0 Å². The Kier molecular flexibility index (Phi) is 4.83. The lowest BCUT2D eigenvalue weighted by Crippen LogP contribution is -2.57. The number of nitrogens with zero attached hydrogens (tertiary/aromatic N) is 1. The Hall–Kier alpha value is -1.06. The molecule has 1 aromatic rings. The highest BCUT2D eigenvalue weighted by molar-refractivity contribution is 6.30. The van der Waals surface area contributed by atoms with Gasteiger partial charge in [0.25, 0.3) is 5.91 Å². The van der Waals surface area contributed by atoms with Crippen LogP contribution in [0.25, 0.3) is 0 Å². The topological polar surface area (TPSA) is 32.3 Å². The van der Waals surface area contributed by atoms with Gasteiger partial charge < -0.3 is 10.2 Å². The summed E-state index contributed by atoms with van der Waals surface area (Å²) in [6.45, 7) is 5.92. The van der Waals surface area contributed by atoms with Gasteiger partial charge in [0.2, 0.25) is 0 Å². The van der Waals surface area contributed by atoms with Crippen LogP contribution < -0.4 is 5.32 Å². The van der Waals surface area contributed by atoms with Crippen LogP contribution in [0.3, 0.4) is 0 Å². The molecule has 0 aromatic heterocycles. The van der Waals surface area contributed by atoms with Gasteiger partial charge in [0.15, 0.2) is 0 Å². The summed E-state index contributed by atoms with van der Waals surface area (Å²) in [5, 5.41) is 4.11. The molecule has 1 heterocycles. The van der Waals surface area contributed by atoms with E-state index in [0.717, 1.165) is 25.9 Å². The van der Waals surface area contributed by atoms with Crippen molar-refractivity contribution >= 4 is 17.5 Å². The molecule has 104 valence electrons. The molecule has 1 fully saturated rings. The SMILES string of the molecule is CCC1CN(C(=O)c2cccc(Cl)c2)C(CC)CN1. The Morgan fingerprint density at radius 3 is 2.84 bits per heavy atom. The summed E-state index contributed by atoms with van der Waals surface area (Å²) in [4.78, 5) is 14.6. The minimum Gasteiger partial charge on any atom is -0.333 e. The van der Waals surface area contributed by atoms with Gasteiger partial charge in [-0.3, -0.25) is 4.79 Å². The lowest BCUT2D eigenvalue weighted by molar-refractivity contribution is 0.0576. The summed E-state index contributed by atoms with van der Waals surface area (Å²) in [6.07, 6.45) is 2.01. The predicted octanol–water partition coefficient (Wildman–Crippen LogP) is 2.94. The third-order valence-corrected chi connectivity index (χ3v) is 4.03. The van der Waals surface area contributed by atoms with Gasteiger partial charge in [0.05, 0.1) is 0 Å². The van der Waals surface area contributed by atoms with Crippen molar-refractivity contribution in [2.24, 2.45) is 0 Å². The molecule has 2 unspecified atom stereocenters. The summed E-state index contributed by atoms with van der Waals surface area (Å²) in [6, 6.07) is 7.88. The lowest BCUT2D eigenvalue weighted by Gasteiger charge is -2.40. The van der Waals surface area contributed by atoms with Gasteiger partial charge in [-0.2, -0.15) is 0 Å². The van der Waals surface area contributed by atoms with Gasteiger partial charge in [-0.1, -0.05) is 31.5 Å². The van der Waals surface area contributed by atoms with Crippen molar-refractivity contribution < 1.29 is 4.79 Å². The van der Waals surface area contributed by atoms with Crippen LogP contribution in [0.1, 0.15) is 37.0 Å². The smallest absolute Gasteiger partial charge is 0.254 e. The van der Waals surface area contributed by atoms with Crippen molar-refractivity contribution in [1.82, 2.24) is 10.2 Å². The molecule has 1 N–H and O–H groups in total. The van der Waals surface area contributed by atoms with Gasteiger partial charge >= 0.3 is 0 Å². The minimum atomic E-state index is 0.0919. The minimum absolute atomic E-state index is 0.0919. The Morgan fingerprint density at radius 1 is 1.42 bits per heavy atom. The van der Waals surface area contributed by atoms with Crippen molar-refractivity contribution in [3.8, 4) is 0 Å². The Labute approximate surface area is 119 Å². The molecule has 2 rings (SSSR count). The van der Waals surface area contributed by atoms with Crippen molar-refractivity contribution in [2.45, 2.75) is 38.8 Å². The maximum Gasteiger partial charge on any atom is 0.254 e. The monoisotopic (exact) mass is 280 g/mol. The molecule has 3 nitrogen and oxygen atoms in total. The van der Waals surface area contributed by atoms with E-state index in [4.69, 9.17) is 11.6 Å². The lowest BCUT2D eigenvalue weighted by atomic mass is 10.0. The second kappa shape index (κ2) is 6.40. The zero-order valence-electron chi connectivity index (χ0n) is 11.5.